The summed E-state index contributed by atoms with van der Waals surface area (Å²) in [6.45, 7) is 6.83. The van der Waals surface area contributed by atoms with Gasteiger partial charge in [0.1, 0.15) is 21.4 Å². The number of nitrogens with zero attached hydrogens (tertiary/aromatic N) is 2. The Balaban J connectivity index is 1.67. The molecule has 28 heavy (non-hydrogen) atoms. The second-order valence-electron chi connectivity index (χ2n) is 6.57. The first kappa shape index (κ1) is 20.6. The maximum Gasteiger partial charge on any atom is 0.230 e. The Kier molecular flexibility index (Phi) is 6.91. The molecule has 0 saturated carbocycles. The van der Waals surface area contributed by atoms with Crippen molar-refractivity contribution in [2.24, 2.45) is 0 Å². The molecule has 0 saturated heterocycles. The minimum atomic E-state index is -0.00535. The van der Waals surface area contributed by atoms with E-state index in [-0.39, 0.29) is 5.91 Å². The Morgan fingerprint density at radius 1 is 1.21 bits per heavy atom. The van der Waals surface area contributed by atoms with Gasteiger partial charge in [0.05, 0.1) is 12.9 Å². The molecule has 2 aromatic heterocycles. The van der Waals surface area contributed by atoms with E-state index in [1.54, 1.807) is 18.4 Å². The summed E-state index contributed by atoms with van der Waals surface area (Å²) in [5.74, 6) is 2.00. The van der Waals surface area contributed by atoms with Gasteiger partial charge in [0.15, 0.2) is 0 Å². The van der Waals surface area contributed by atoms with E-state index >= 15 is 0 Å². The predicted molar refractivity (Wildman–Crippen MR) is 116 cm³/mol. The van der Waals surface area contributed by atoms with E-state index < -0.39 is 0 Å². The van der Waals surface area contributed by atoms with Gasteiger partial charge in [-0.1, -0.05) is 30.8 Å². The van der Waals surface area contributed by atoms with E-state index in [0.717, 1.165) is 45.2 Å². The fourth-order valence-corrected chi connectivity index (χ4v) is 4.87. The Bertz CT molecular complexity index is 968. The minimum absolute atomic E-state index is 0.00535. The fraction of sp³-hybridized carbons (Fsp3) is 0.381. The van der Waals surface area contributed by atoms with Crippen LogP contribution in [0.25, 0.3) is 10.2 Å². The van der Waals surface area contributed by atoms with Crippen LogP contribution in [-0.4, -0.2) is 28.7 Å². The summed E-state index contributed by atoms with van der Waals surface area (Å²) in [5, 5.41) is 4.98. The van der Waals surface area contributed by atoms with E-state index in [1.807, 2.05) is 24.3 Å². The molecule has 0 fully saturated rings. The largest absolute Gasteiger partial charge is 0.497 e. The summed E-state index contributed by atoms with van der Waals surface area (Å²) < 4.78 is 5.15. The van der Waals surface area contributed by atoms with Crippen molar-refractivity contribution < 1.29 is 9.53 Å². The molecular weight excluding hydrogens is 390 g/mol. The van der Waals surface area contributed by atoms with Gasteiger partial charge in [-0.05, 0) is 43.5 Å². The third kappa shape index (κ3) is 4.83. The summed E-state index contributed by atoms with van der Waals surface area (Å²) in [6.07, 6.45) is 1.85. The molecule has 0 aliphatic heterocycles. The van der Waals surface area contributed by atoms with Crippen LogP contribution in [0.4, 0.5) is 0 Å². The van der Waals surface area contributed by atoms with Crippen molar-refractivity contribution in [1.29, 1.82) is 0 Å². The number of hydrogen-bond donors (Lipinski definition) is 1. The van der Waals surface area contributed by atoms with E-state index in [0.29, 0.717) is 12.3 Å². The molecule has 0 aliphatic carbocycles. The maximum absolute atomic E-state index is 12.4. The number of benzene rings is 1. The first-order valence-electron chi connectivity index (χ1n) is 9.30. The smallest absolute Gasteiger partial charge is 0.230 e. The van der Waals surface area contributed by atoms with Gasteiger partial charge in [-0.2, -0.15) is 0 Å². The third-order valence-corrected chi connectivity index (χ3v) is 6.58. The average molecular weight is 416 g/mol. The molecule has 2 heterocycles. The molecule has 0 aliphatic rings. The number of methoxy groups -OCH3 is 1. The van der Waals surface area contributed by atoms with Gasteiger partial charge >= 0.3 is 0 Å². The zero-order valence-corrected chi connectivity index (χ0v) is 18.3. The summed E-state index contributed by atoms with van der Waals surface area (Å²) in [4.78, 5) is 24.1. The lowest BCUT2D eigenvalue weighted by atomic mass is 10.2. The molecule has 1 amide bonds. The Labute approximate surface area is 173 Å². The Hall–Kier alpha value is -2.12. The number of hydrogen-bond acceptors (Lipinski definition) is 6. The zero-order chi connectivity index (χ0) is 20.1. The van der Waals surface area contributed by atoms with Gasteiger partial charge in [0.2, 0.25) is 5.91 Å². The van der Waals surface area contributed by atoms with E-state index in [4.69, 9.17) is 14.7 Å². The second-order valence-corrected chi connectivity index (χ2v) is 8.74. The SMILES string of the molecule is CCCc1nc(SCC(=O)NCc2ccc(OC)cc2)c2c(C)c(C)sc2n1. The lowest BCUT2D eigenvalue weighted by molar-refractivity contribution is -0.118. The quantitative estimate of drug-likeness (QED) is 0.428. The van der Waals surface area contributed by atoms with Gasteiger partial charge in [0.25, 0.3) is 0 Å². The number of amides is 1. The molecule has 1 N–H and O–H groups in total. The lowest BCUT2D eigenvalue weighted by Crippen LogP contribution is -2.24. The van der Waals surface area contributed by atoms with E-state index in [9.17, 15) is 4.79 Å². The number of carbonyl (C=O) groups is 1. The molecule has 0 spiro atoms. The molecule has 5 nitrogen and oxygen atoms in total. The van der Waals surface area contributed by atoms with Crippen molar-refractivity contribution >= 4 is 39.2 Å². The summed E-state index contributed by atoms with van der Waals surface area (Å²) in [7, 11) is 1.64. The number of thioether (sulfide) groups is 1. The van der Waals surface area contributed by atoms with Crippen LogP contribution in [0, 0.1) is 13.8 Å². The molecule has 148 valence electrons. The molecule has 0 unspecified atom stereocenters. The van der Waals surface area contributed by atoms with Crippen LogP contribution in [0.15, 0.2) is 29.3 Å². The normalized spacial score (nSPS) is 11.0. The number of thiophene rings is 1. The summed E-state index contributed by atoms with van der Waals surface area (Å²) >= 11 is 3.19. The molecular formula is C21H25N3O2S2. The number of fused-ring (bicyclic) bond motifs is 1. The second kappa shape index (κ2) is 9.39. The Morgan fingerprint density at radius 3 is 2.64 bits per heavy atom. The molecule has 3 rings (SSSR count). The first-order valence-corrected chi connectivity index (χ1v) is 11.1. The zero-order valence-electron chi connectivity index (χ0n) is 16.7. The first-order chi connectivity index (χ1) is 13.5. The van der Waals surface area contributed by atoms with Crippen molar-refractivity contribution in [2.45, 2.75) is 45.2 Å². The topological polar surface area (TPSA) is 64.1 Å². The van der Waals surface area contributed by atoms with Crippen molar-refractivity contribution in [3.63, 3.8) is 0 Å². The van der Waals surface area contributed by atoms with Gasteiger partial charge in [-0.3, -0.25) is 4.79 Å². The van der Waals surface area contributed by atoms with Crippen LogP contribution in [0.1, 0.15) is 35.2 Å². The van der Waals surface area contributed by atoms with Crippen LogP contribution in [-0.2, 0) is 17.8 Å². The highest BCUT2D eigenvalue weighted by atomic mass is 32.2. The highest BCUT2D eigenvalue weighted by Crippen LogP contribution is 2.35. The summed E-state index contributed by atoms with van der Waals surface area (Å²) in [6, 6.07) is 7.69. The predicted octanol–water partition coefficient (Wildman–Crippen LogP) is 4.68. The van der Waals surface area contributed by atoms with Crippen LogP contribution < -0.4 is 10.1 Å². The van der Waals surface area contributed by atoms with E-state index in [1.165, 1.54) is 22.2 Å². The number of carbonyl (C=O) groups excluding carboxylic acids is 1. The van der Waals surface area contributed by atoms with Crippen LogP contribution >= 0.6 is 23.1 Å². The molecule has 0 atom stereocenters. The standard InChI is InChI=1S/C21H25N3O2S2/c1-5-6-17-23-20(19-13(2)14(3)28-21(19)24-17)27-12-18(25)22-11-15-7-9-16(26-4)10-8-15/h7-10H,5-6,11-12H2,1-4H3,(H,22,25). The summed E-state index contributed by atoms with van der Waals surface area (Å²) in [5.41, 5.74) is 2.25. The third-order valence-electron chi connectivity index (χ3n) is 4.50. The monoisotopic (exact) mass is 415 g/mol. The highest BCUT2D eigenvalue weighted by molar-refractivity contribution is 8.00. The molecule has 0 bridgehead atoms. The van der Waals surface area contributed by atoms with Crippen molar-refractivity contribution in [2.75, 3.05) is 12.9 Å². The number of rotatable bonds is 8. The Morgan fingerprint density at radius 2 is 1.96 bits per heavy atom. The number of aromatic nitrogens is 2. The van der Waals surface area contributed by atoms with Gasteiger partial charge in [-0.15, -0.1) is 11.3 Å². The molecule has 1 aromatic carbocycles. The lowest BCUT2D eigenvalue weighted by Gasteiger charge is -2.08. The number of nitrogens with one attached hydrogen (secondary N) is 1. The van der Waals surface area contributed by atoms with Crippen molar-refractivity contribution in [1.82, 2.24) is 15.3 Å². The van der Waals surface area contributed by atoms with Crippen molar-refractivity contribution in [3.05, 3.63) is 46.1 Å². The van der Waals surface area contributed by atoms with Gasteiger partial charge in [0, 0.05) is 23.2 Å². The van der Waals surface area contributed by atoms with Gasteiger partial charge < -0.3 is 10.1 Å². The van der Waals surface area contributed by atoms with Gasteiger partial charge in [-0.25, -0.2) is 9.97 Å². The van der Waals surface area contributed by atoms with Crippen LogP contribution in [0.3, 0.4) is 0 Å². The molecule has 0 radical (unpaired) electrons. The maximum atomic E-state index is 12.4. The number of aryl methyl sites for hydroxylation is 3. The van der Waals surface area contributed by atoms with Crippen LogP contribution in [0.5, 0.6) is 5.75 Å². The molecule has 7 heteroatoms. The fourth-order valence-electron chi connectivity index (χ4n) is 2.82. The average Bonchev–Trinajstić information content (AvgIpc) is 2.99. The van der Waals surface area contributed by atoms with Crippen LogP contribution in [0.2, 0.25) is 0 Å². The molecule has 3 aromatic rings. The highest BCUT2D eigenvalue weighted by Gasteiger charge is 2.16. The van der Waals surface area contributed by atoms with Crippen molar-refractivity contribution in [3.8, 4) is 5.75 Å². The number of ether oxygens (including phenoxy) is 1. The minimum Gasteiger partial charge on any atom is -0.497 e. The van der Waals surface area contributed by atoms with E-state index in [2.05, 4.69) is 26.1 Å².